The van der Waals surface area contributed by atoms with Crippen LogP contribution in [0.2, 0.25) is 0 Å². The molecule has 1 aromatic rings. The Labute approximate surface area is 63.1 Å². The minimum absolute atomic E-state index is 0. The van der Waals surface area contributed by atoms with Crippen LogP contribution in [0.25, 0.3) is 0 Å². The van der Waals surface area contributed by atoms with Crippen LogP contribution in [0.4, 0.5) is 0 Å². The van der Waals surface area contributed by atoms with E-state index in [9.17, 15) is 0 Å². The van der Waals surface area contributed by atoms with Gasteiger partial charge in [-0.15, -0.1) is 24.0 Å². The zero-order valence-electron chi connectivity index (χ0n) is 4.06. The second-order valence-electron chi connectivity index (χ2n) is 1.17. The number of hydrogen-bond acceptors (Lipinski definition) is 1. The van der Waals surface area contributed by atoms with Crippen LogP contribution in [0, 0.1) is 0 Å². The zero-order chi connectivity index (χ0) is 5.11. The first kappa shape index (κ1) is 8.21. The number of aromatic nitrogens is 1. The molecule has 0 atom stereocenters. The van der Waals surface area contributed by atoms with E-state index in [0.717, 1.165) is 5.69 Å². The largest absolute Gasteiger partial charge is 0.223 e. The number of alkyl halides is 1. The molecule has 0 saturated carbocycles. The fourth-order valence-electron chi connectivity index (χ4n) is 0.330. The van der Waals surface area contributed by atoms with Gasteiger partial charge in [-0.3, -0.25) is 0 Å². The van der Waals surface area contributed by atoms with Crippen molar-refractivity contribution in [2.24, 2.45) is 0 Å². The van der Waals surface area contributed by atoms with Crippen molar-refractivity contribution in [1.29, 1.82) is 0 Å². The molecule has 1 nitrogen and oxygen atoms in total. The zero-order valence-corrected chi connectivity index (χ0v) is 6.45. The van der Waals surface area contributed by atoms with E-state index >= 15 is 0 Å². The first-order valence-electron chi connectivity index (χ1n) is 1.92. The first-order valence-corrected chi connectivity index (χ1v) is 3.40. The van der Waals surface area contributed by atoms with Crippen molar-refractivity contribution in [3.8, 4) is 0 Å². The Kier molecular flexibility index (Phi) is 4.23. The number of halogens is 2. The summed E-state index contributed by atoms with van der Waals surface area (Å²) in [6, 6.07) is 0. The molecular weight excluding hydrogens is 165 g/mol. The molecule has 0 aliphatic heterocycles. The predicted molar refractivity (Wildman–Crippen MR) is 37.7 cm³/mol. The fraction of sp³-hybridized carbons (Fsp3) is 0.250. The Morgan fingerprint density at radius 1 is 1.75 bits per heavy atom. The van der Waals surface area contributed by atoms with Gasteiger partial charge in [0.15, 0.2) is 0 Å². The summed E-state index contributed by atoms with van der Waals surface area (Å²) >= 11 is 7.07. The summed E-state index contributed by atoms with van der Waals surface area (Å²) in [5, 5.41) is 1.99. The third-order valence-electron chi connectivity index (χ3n) is 0.667. The van der Waals surface area contributed by atoms with E-state index in [0.29, 0.717) is 5.88 Å². The summed E-state index contributed by atoms with van der Waals surface area (Å²) in [6.45, 7) is 0. The molecule has 0 aliphatic rings. The van der Waals surface area contributed by atoms with Gasteiger partial charge < -0.3 is 0 Å². The summed E-state index contributed by atoms with van der Waals surface area (Å²) in [6.07, 6.45) is 0. The van der Waals surface area contributed by atoms with Crippen LogP contribution in [-0.2, 0) is 5.88 Å². The van der Waals surface area contributed by atoms with E-state index in [1.165, 1.54) is 0 Å². The number of thiazole rings is 1. The van der Waals surface area contributed by atoms with Gasteiger partial charge in [0.1, 0.15) is 5.88 Å². The quantitative estimate of drug-likeness (QED) is 0.571. The van der Waals surface area contributed by atoms with E-state index in [1.807, 2.05) is 10.9 Å². The minimum Gasteiger partial charge on any atom is -0.205 e. The van der Waals surface area contributed by atoms with E-state index in [-0.39, 0.29) is 12.4 Å². The summed E-state index contributed by atoms with van der Waals surface area (Å²) in [5.41, 5.74) is 2.99. The number of nitrogens with one attached hydrogen (secondary N) is 1. The molecule has 0 unspecified atom stereocenters. The molecule has 0 aromatic carbocycles. The molecule has 0 spiro atoms. The molecule has 4 heteroatoms. The SMILES string of the molecule is Cl.ClCc1csc[nH+]1. The highest BCUT2D eigenvalue weighted by Crippen LogP contribution is 1.97. The third-order valence-corrected chi connectivity index (χ3v) is 1.63. The van der Waals surface area contributed by atoms with Gasteiger partial charge in [0, 0.05) is 0 Å². The lowest BCUT2D eigenvalue weighted by molar-refractivity contribution is -0.381. The maximum absolute atomic E-state index is 5.44. The van der Waals surface area contributed by atoms with Crippen molar-refractivity contribution >= 4 is 35.3 Å². The highest BCUT2D eigenvalue weighted by Gasteiger charge is 1.94. The molecule has 8 heavy (non-hydrogen) atoms. The van der Waals surface area contributed by atoms with Gasteiger partial charge >= 0.3 is 0 Å². The second-order valence-corrected chi connectivity index (χ2v) is 2.19. The second kappa shape index (κ2) is 4.13. The third kappa shape index (κ3) is 1.99. The maximum atomic E-state index is 5.44. The van der Waals surface area contributed by atoms with Crippen molar-refractivity contribution in [2.45, 2.75) is 5.88 Å². The Bertz CT molecular complexity index is 129. The lowest BCUT2D eigenvalue weighted by Gasteiger charge is -1.67. The monoisotopic (exact) mass is 170 g/mol. The fourth-order valence-corrected chi connectivity index (χ4v) is 1.18. The van der Waals surface area contributed by atoms with E-state index < -0.39 is 0 Å². The average molecular weight is 171 g/mol. The van der Waals surface area contributed by atoms with Gasteiger partial charge in [0.05, 0.1) is 5.38 Å². The number of H-pyrrole nitrogens is 1. The summed E-state index contributed by atoms with van der Waals surface area (Å²) in [7, 11) is 0. The van der Waals surface area contributed by atoms with Crippen molar-refractivity contribution in [3.05, 3.63) is 16.6 Å². The lowest BCUT2D eigenvalue weighted by Crippen LogP contribution is -1.99. The summed E-state index contributed by atoms with van der Waals surface area (Å²) in [5.74, 6) is 0.587. The van der Waals surface area contributed by atoms with Gasteiger partial charge in [-0.1, -0.05) is 11.3 Å². The van der Waals surface area contributed by atoms with Crippen LogP contribution in [0.3, 0.4) is 0 Å². The Balaban J connectivity index is 0.000000490. The molecule has 0 amide bonds. The van der Waals surface area contributed by atoms with Crippen molar-refractivity contribution < 1.29 is 4.98 Å². The van der Waals surface area contributed by atoms with Crippen LogP contribution in [0.15, 0.2) is 10.9 Å². The smallest absolute Gasteiger partial charge is 0.205 e. The predicted octanol–water partition coefficient (Wildman–Crippen LogP) is 1.72. The van der Waals surface area contributed by atoms with Gasteiger partial charge in [-0.2, -0.15) is 0 Å². The normalized spacial score (nSPS) is 8.12. The van der Waals surface area contributed by atoms with Crippen molar-refractivity contribution in [3.63, 3.8) is 0 Å². The highest BCUT2D eigenvalue weighted by molar-refractivity contribution is 7.07. The lowest BCUT2D eigenvalue weighted by atomic mass is 10.6. The Morgan fingerprint density at radius 3 is 2.75 bits per heavy atom. The van der Waals surface area contributed by atoms with Crippen LogP contribution in [-0.4, -0.2) is 0 Å². The van der Waals surface area contributed by atoms with E-state index in [1.54, 1.807) is 11.3 Å². The number of rotatable bonds is 1. The van der Waals surface area contributed by atoms with Crippen molar-refractivity contribution in [2.75, 3.05) is 0 Å². The topological polar surface area (TPSA) is 14.1 Å². The van der Waals surface area contributed by atoms with E-state index in [2.05, 4.69) is 4.98 Å². The van der Waals surface area contributed by atoms with Gasteiger partial charge in [-0.25, -0.2) is 4.98 Å². The average Bonchev–Trinajstić information content (AvgIpc) is 2.14. The summed E-state index contributed by atoms with van der Waals surface area (Å²) in [4.78, 5) is 2.97. The van der Waals surface area contributed by atoms with E-state index in [4.69, 9.17) is 11.6 Å². The van der Waals surface area contributed by atoms with Gasteiger partial charge in [0.2, 0.25) is 11.2 Å². The minimum atomic E-state index is 0. The van der Waals surface area contributed by atoms with Crippen molar-refractivity contribution in [1.82, 2.24) is 0 Å². The number of hydrogen-bond donors (Lipinski definition) is 0. The molecular formula is C4H6Cl2NS+. The summed E-state index contributed by atoms with van der Waals surface area (Å²) < 4.78 is 0. The van der Waals surface area contributed by atoms with Crippen LogP contribution >= 0.6 is 35.3 Å². The van der Waals surface area contributed by atoms with Crippen LogP contribution < -0.4 is 4.98 Å². The van der Waals surface area contributed by atoms with Gasteiger partial charge in [0.25, 0.3) is 0 Å². The molecule has 0 saturated heterocycles. The molecule has 46 valence electrons. The standard InChI is InChI=1S/C4H4ClNS.ClH/c5-1-4-2-7-3-6-4;/h2-3H,1H2;1H/p+1. The molecule has 1 rings (SSSR count). The maximum Gasteiger partial charge on any atom is 0.223 e. The molecule has 0 fully saturated rings. The molecule has 0 radical (unpaired) electrons. The highest BCUT2D eigenvalue weighted by atomic mass is 35.5. The molecule has 1 N–H and O–H groups in total. The first-order chi connectivity index (χ1) is 3.43. The molecule has 1 heterocycles. The van der Waals surface area contributed by atoms with Crippen LogP contribution in [0.1, 0.15) is 5.69 Å². The molecule has 0 bridgehead atoms. The molecule has 1 aromatic heterocycles. The number of aromatic amines is 1. The Morgan fingerprint density at radius 2 is 2.50 bits per heavy atom. The van der Waals surface area contributed by atoms with Crippen LogP contribution in [0.5, 0.6) is 0 Å². The Hall–Kier alpha value is 0.210. The van der Waals surface area contributed by atoms with Gasteiger partial charge in [-0.05, 0) is 0 Å². The molecule has 0 aliphatic carbocycles.